The Labute approximate surface area is 180 Å². The number of aliphatic hydroxyl groups is 2. The molecule has 0 spiro atoms. The Bertz CT molecular complexity index is 851. The number of rotatable bonds is 6. The summed E-state index contributed by atoms with van der Waals surface area (Å²) >= 11 is 1.34. The molecule has 1 aliphatic heterocycles. The number of nitrogens with two attached hydrogens (primary N) is 1. The SMILES string of the molecule is CCSc1nc2c(N)ncnc2n1C1O[C@H](COP(=O)([O-])O)[C@@H](O)[C@H]1O.[Na+]. The molecule has 2 unspecified atom stereocenters. The zero-order valence-corrected chi connectivity index (χ0v) is 18.2. The summed E-state index contributed by atoms with van der Waals surface area (Å²) in [6, 6.07) is 0. The van der Waals surface area contributed by atoms with Crippen molar-refractivity contribution in [3.8, 4) is 0 Å². The molecule has 0 saturated carbocycles. The zero-order chi connectivity index (χ0) is 19.1. The summed E-state index contributed by atoms with van der Waals surface area (Å²) in [5.74, 6) is 0.797. The fraction of sp³-hybridized carbons (Fsp3) is 0.583. The number of ether oxygens (including phenoxy) is 1. The monoisotopic (exact) mass is 429 g/mol. The molecule has 2 aromatic rings. The number of hydrogen-bond acceptors (Lipinski definition) is 11. The average molecular weight is 429 g/mol. The van der Waals surface area contributed by atoms with Crippen LogP contribution in [0.1, 0.15) is 13.2 Å². The van der Waals surface area contributed by atoms with Crippen LogP contribution in [0, 0.1) is 0 Å². The molecule has 0 aliphatic carbocycles. The standard InChI is InChI=1S/C12H18N5O7PS.Na/c1-2-26-12-16-6-9(13)14-4-15-10(6)17(12)11-8(19)7(18)5(24-11)3-23-25(20,21)22;/h4-5,7-8,11,18-19H,2-3H2,1H3,(H2,13,14,15)(H2,20,21,22);/q;+1/p-1/t5-,7-,8-,11?;/m1./s1. The number of phosphoric ester groups is 1. The third-order valence-corrected chi connectivity index (χ3v) is 5.05. The first kappa shape index (κ1) is 23.0. The maximum atomic E-state index is 10.7. The van der Waals surface area contributed by atoms with E-state index in [2.05, 4.69) is 19.5 Å². The van der Waals surface area contributed by atoms with Gasteiger partial charge in [-0.15, -0.1) is 0 Å². The van der Waals surface area contributed by atoms with E-state index in [9.17, 15) is 19.7 Å². The van der Waals surface area contributed by atoms with Crippen molar-refractivity contribution in [2.24, 2.45) is 0 Å². The van der Waals surface area contributed by atoms with Crippen LogP contribution in [0.2, 0.25) is 0 Å². The van der Waals surface area contributed by atoms with Gasteiger partial charge >= 0.3 is 29.6 Å². The molecule has 0 bridgehead atoms. The molecular formula is C12H17N5NaO7PS. The average Bonchev–Trinajstić information content (AvgIpc) is 3.05. The maximum absolute atomic E-state index is 10.7. The second-order valence-electron chi connectivity index (χ2n) is 5.44. The quantitative estimate of drug-likeness (QED) is 0.196. The van der Waals surface area contributed by atoms with E-state index in [0.717, 1.165) is 0 Å². The van der Waals surface area contributed by atoms with Gasteiger partial charge in [0.1, 0.15) is 24.6 Å². The molecule has 1 aliphatic rings. The minimum atomic E-state index is -4.99. The first-order valence-corrected chi connectivity index (χ1v) is 10.0. The number of thioether (sulfide) groups is 1. The van der Waals surface area contributed by atoms with Gasteiger partial charge in [0, 0.05) is 0 Å². The fourth-order valence-electron chi connectivity index (χ4n) is 2.61. The molecule has 1 fully saturated rings. The van der Waals surface area contributed by atoms with Crippen LogP contribution >= 0.6 is 19.6 Å². The van der Waals surface area contributed by atoms with Crippen LogP contribution in [0.15, 0.2) is 11.5 Å². The summed E-state index contributed by atoms with van der Waals surface area (Å²) in [6.45, 7) is 1.24. The van der Waals surface area contributed by atoms with Crippen molar-refractivity contribution in [2.75, 3.05) is 18.1 Å². The largest absolute Gasteiger partial charge is 1.00 e. The van der Waals surface area contributed by atoms with E-state index in [-0.39, 0.29) is 35.4 Å². The zero-order valence-electron chi connectivity index (χ0n) is 14.5. The van der Waals surface area contributed by atoms with E-state index in [4.69, 9.17) is 15.4 Å². The molecule has 1 saturated heterocycles. The summed E-state index contributed by atoms with van der Waals surface area (Å²) in [6.07, 6.45) is -3.95. The molecule has 12 nitrogen and oxygen atoms in total. The first-order valence-electron chi connectivity index (χ1n) is 7.54. The molecule has 144 valence electrons. The summed E-state index contributed by atoms with van der Waals surface area (Å²) in [5, 5.41) is 21.0. The molecule has 3 rings (SSSR count). The third-order valence-electron chi connectivity index (χ3n) is 3.74. The molecule has 15 heteroatoms. The molecule has 5 atom stereocenters. The Hall–Kier alpha value is -0.310. The van der Waals surface area contributed by atoms with Crippen molar-refractivity contribution in [2.45, 2.75) is 36.6 Å². The molecule has 0 radical (unpaired) electrons. The van der Waals surface area contributed by atoms with E-state index in [1.807, 2.05) is 6.92 Å². The van der Waals surface area contributed by atoms with E-state index in [1.165, 1.54) is 22.7 Å². The molecule has 5 N–H and O–H groups in total. The minimum absolute atomic E-state index is 0. The van der Waals surface area contributed by atoms with Gasteiger partial charge < -0.3 is 35.0 Å². The normalized spacial score (nSPS) is 27.4. The predicted molar refractivity (Wildman–Crippen MR) is 87.8 cm³/mol. The maximum Gasteiger partial charge on any atom is 1.00 e. The van der Waals surface area contributed by atoms with Crippen LogP contribution in [0.4, 0.5) is 5.82 Å². The van der Waals surface area contributed by atoms with Gasteiger partial charge in [-0.3, -0.25) is 9.13 Å². The number of nitrogen functional groups attached to an aromatic ring is 1. The van der Waals surface area contributed by atoms with Crippen LogP contribution < -0.4 is 40.2 Å². The Morgan fingerprint density at radius 3 is 2.78 bits per heavy atom. The van der Waals surface area contributed by atoms with Gasteiger partial charge in [-0.25, -0.2) is 15.0 Å². The molecule has 3 heterocycles. The molecule has 2 aromatic heterocycles. The minimum Gasteiger partial charge on any atom is -0.756 e. The fourth-order valence-corrected chi connectivity index (χ4v) is 3.69. The summed E-state index contributed by atoms with van der Waals surface area (Å²) in [5.41, 5.74) is 6.42. The number of hydrogen-bond donors (Lipinski definition) is 4. The summed E-state index contributed by atoms with van der Waals surface area (Å²) < 4.78 is 22.1. The van der Waals surface area contributed by atoms with Crippen LogP contribution in [-0.2, 0) is 13.8 Å². The smallest absolute Gasteiger partial charge is 0.756 e. The Balaban J connectivity index is 0.00000261. The van der Waals surface area contributed by atoms with E-state index in [0.29, 0.717) is 22.1 Å². The van der Waals surface area contributed by atoms with Gasteiger partial charge in [-0.2, -0.15) is 0 Å². The topological polar surface area (TPSA) is 189 Å². The number of aliphatic hydroxyl groups excluding tert-OH is 2. The number of fused-ring (bicyclic) bond motifs is 1. The predicted octanol–water partition coefficient (Wildman–Crippen LogP) is -4.38. The summed E-state index contributed by atoms with van der Waals surface area (Å²) in [7, 11) is -4.99. The van der Waals surface area contributed by atoms with E-state index in [1.54, 1.807) is 0 Å². The van der Waals surface area contributed by atoms with Crippen LogP contribution in [0.25, 0.3) is 11.2 Å². The Morgan fingerprint density at radius 2 is 2.15 bits per heavy atom. The van der Waals surface area contributed by atoms with Crippen LogP contribution in [0.5, 0.6) is 0 Å². The first-order chi connectivity index (χ1) is 12.2. The van der Waals surface area contributed by atoms with E-state index < -0.39 is 39.0 Å². The number of phosphoric acid groups is 1. The Kier molecular flexibility index (Phi) is 7.67. The van der Waals surface area contributed by atoms with Crippen molar-refractivity contribution in [1.82, 2.24) is 19.5 Å². The number of nitrogens with zero attached hydrogens (tertiary/aromatic N) is 4. The third kappa shape index (κ3) is 4.82. The van der Waals surface area contributed by atoms with Gasteiger partial charge in [0.05, 0.1) is 6.61 Å². The Morgan fingerprint density at radius 1 is 1.44 bits per heavy atom. The van der Waals surface area contributed by atoms with Crippen molar-refractivity contribution in [1.29, 1.82) is 0 Å². The number of imidazole rings is 1. The van der Waals surface area contributed by atoms with Gasteiger partial charge in [-0.1, -0.05) is 18.7 Å². The van der Waals surface area contributed by atoms with Crippen LogP contribution in [-0.4, -0.2) is 65.3 Å². The summed E-state index contributed by atoms with van der Waals surface area (Å²) in [4.78, 5) is 31.8. The van der Waals surface area contributed by atoms with E-state index >= 15 is 0 Å². The molecule has 27 heavy (non-hydrogen) atoms. The van der Waals surface area contributed by atoms with Crippen molar-refractivity contribution >= 4 is 36.6 Å². The second kappa shape index (κ2) is 9.01. The van der Waals surface area contributed by atoms with Gasteiger partial charge in [0.2, 0.25) is 0 Å². The van der Waals surface area contributed by atoms with Crippen molar-refractivity contribution in [3.63, 3.8) is 0 Å². The number of anilines is 1. The van der Waals surface area contributed by atoms with Crippen molar-refractivity contribution in [3.05, 3.63) is 6.33 Å². The van der Waals surface area contributed by atoms with Gasteiger partial charge in [0.25, 0.3) is 7.82 Å². The molecule has 0 amide bonds. The van der Waals surface area contributed by atoms with Gasteiger partial charge in [0.15, 0.2) is 28.4 Å². The number of aromatic nitrogens is 4. The molecular weight excluding hydrogens is 412 g/mol. The van der Waals surface area contributed by atoms with Crippen molar-refractivity contribution < 1.29 is 63.4 Å². The molecule has 0 aromatic carbocycles. The second-order valence-corrected chi connectivity index (χ2v) is 7.87. The van der Waals surface area contributed by atoms with Crippen LogP contribution in [0.3, 0.4) is 0 Å². The van der Waals surface area contributed by atoms with Gasteiger partial charge in [-0.05, 0) is 5.75 Å².